The number of carbonyl (C=O) groups is 3. The van der Waals surface area contributed by atoms with Gasteiger partial charge in [0.15, 0.2) is 0 Å². The van der Waals surface area contributed by atoms with Crippen LogP contribution in [0, 0.1) is 0 Å². The molecule has 1 saturated heterocycles. The van der Waals surface area contributed by atoms with Gasteiger partial charge in [-0.15, -0.1) is 11.8 Å². The van der Waals surface area contributed by atoms with Crippen LogP contribution in [0.25, 0.3) is 0 Å². The van der Waals surface area contributed by atoms with Crippen molar-refractivity contribution in [2.24, 2.45) is 5.73 Å². The fraction of sp³-hybridized carbons (Fsp3) is 0.438. The number of thioether (sulfide) groups is 1. The molecule has 0 unspecified atom stereocenters. The third-order valence-electron chi connectivity index (χ3n) is 4.38. The molecule has 0 spiro atoms. The van der Waals surface area contributed by atoms with E-state index in [4.69, 9.17) is 5.73 Å². The van der Waals surface area contributed by atoms with Crippen molar-refractivity contribution < 1.29 is 49.0 Å². The normalized spacial score (nSPS) is 26.1. The Bertz CT molecular complexity index is 703. The molecule has 3 rings (SSSR count). The molecule has 4 N–H and O–H groups in total. The molecule has 1 fully saturated rings. The fourth-order valence-electron chi connectivity index (χ4n) is 3.06. The van der Waals surface area contributed by atoms with Gasteiger partial charge in [-0.3, -0.25) is 14.5 Å². The summed E-state index contributed by atoms with van der Waals surface area (Å²) in [5, 5.41) is 11.6. The van der Waals surface area contributed by atoms with Gasteiger partial charge < -0.3 is 16.2 Å². The third kappa shape index (κ3) is 3.73. The smallest absolute Gasteiger partial charge is 0.477 e. The van der Waals surface area contributed by atoms with Crippen LogP contribution < -0.4 is 40.6 Å². The minimum Gasteiger partial charge on any atom is -0.477 e. The van der Waals surface area contributed by atoms with Crippen LogP contribution in [0.3, 0.4) is 0 Å². The Kier molecular flexibility index (Phi) is 6.56. The second kappa shape index (κ2) is 8.09. The molecule has 0 bridgehead atoms. The first-order valence-electron chi connectivity index (χ1n) is 7.69. The SMILES string of the molecule is CC1=C(C(=O)O)N2C(=O)[C@@H](NC(=O)[C@H](N)C3=CCC=CC3)[C@H]2SC1.[Na+]. The maximum absolute atomic E-state index is 12.3. The van der Waals surface area contributed by atoms with Crippen LogP contribution in [-0.2, 0) is 14.4 Å². The van der Waals surface area contributed by atoms with Crippen LogP contribution >= 0.6 is 11.8 Å². The molecule has 0 radical (unpaired) electrons. The quantitative estimate of drug-likeness (QED) is 0.282. The molecule has 2 aliphatic heterocycles. The standard InChI is InChI=1S/C16H19N3O4S.Na/c1-8-7-24-15-11(14(21)19(15)12(8)16(22)23)18-13(20)10(17)9-5-3-2-4-6-9;/h2-3,6,10-11,15H,4-5,7,17H2,1H3,(H,18,20)(H,22,23);/q;+1/t10-,11-,15-;/m1./s1. The van der Waals surface area contributed by atoms with Crippen LogP contribution in [0.5, 0.6) is 0 Å². The molecule has 25 heavy (non-hydrogen) atoms. The molecule has 9 heteroatoms. The number of nitrogens with zero attached hydrogens (tertiary/aromatic N) is 1. The first-order valence-corrected chi connectivity index (χ1v) is 8.74. The summed E-state index contributed by atoms with van der Waals surface area (Å²) in [5.41, 5.74) is 7.49. The summed E-state index contributed by atoms with van der Waals surface area (Å²) in [4.78, 5) is 37.3. The molecule has 3 atom stereocenters. The zero-order valence-corrected chi connectivity index (χ0v) is 17.0. The molecular formula is C16H19N3NaO4S+. The summed E-state index contributed by atoms with van der Waals surface area (Å²) in [6.07, 6.45) is 7.26. The van der Waals surface area contributed by atoms with E-state index in [1.54, 1.807) is 6.92 Å². The molecule has 7 nitrogen and oxygen atoms in total. The number of hydrogen-bond acceptors (Lipinski definition) is 5. The Balaban J connectivity index is 0.00000225. The van der Waals surface area contributed by atoms with E-state index in [9.17, 15) is 19.5 Å². The minimum absolute atomic E-state index is 0. The van der Waals surface area contributed by atoms with E-state index >= 15 is 0 Å². The van der Waals surface area contributed by atoms with Gasteiger partial charge in [0.2, 0.25) is 5.91 Å². The maximum Gasteiger partial charge on any atom is 1.00 e. The number of carbonyl (C=O) groups excluding carboxylic acids is 2. The van der Waals surface area contributed by atoms with Crippen molar-refractivity contribution in [1.29, 1.82) is 0 Å². The van der Waals surface area contributed by atoms with Gasteiger partial charge in [-0.2, -0.15) is 0 Å². The van der Waals surface area contributed by atoms with Gasteiger partial charge in [0.25, 0.3) is 5.91 Å². The maximum atomic E-state index is 12.3. The molecule has 3 aliphatic rings. The van der Waals surface area contributed by atoms with Gasteiger partial charge in [0.05, 0.1) is 0 Å². The van der Waals surface area contributed by atoms with Crippen LogP contribution in [-0.4, -0.2) is 51.0 Å². The van der Waals surface area contributed by atoms with Crippen LogP contribution in [0.1, 0.15) is 19.8 Å². The number of nitrogens with one attached hydrogen (secondary N) is 1. The van der Waals surface area contributed by atoms with E-state index in [1.165, 1.54) is 16.7 Å². The predicted molar refractivity (Wildman–Crippen MR) is 89.8 cm³/mol. The summed E-state index contributed by atoms with van der Waals surface area (Å²) >= 11 is 1.45. The van der Waals surface area contributed by atoms with Crippen molar-refractivity contribution in [2.45, 2.75) is 37.2 Å². The van der Waals surface area contributed by atoms with E-state index in [0.29, 0.717) is 17.7 Å². The summed E-state index contributed by atoms with van der Waals surface area (Å²) in [7, 11) is 0. The van der Waals surface area contributed by atoms with Gasteiger partial charge >= 0.3 is 35.5 Å². The topological polar surface area (TPSA) is 113 Å². The Hall–Kier alpha value is -1.06. The summed E-state index contributed by atoms with van der Waals surface area (Å²) < 4.78 is 0. The van der Waals surface area contributed by atoms with Crippen molar-refractivity contribution in [3.63, 3.8) is 0 Å². The van der Waals surface area contributed by atoms with Crippen LogP contribution in [0.15, 0.2) is 35.1 Å². The summed E-state index contributed by atoms with van der Waals surface area (Å²) in [6, 6.07) is -1.52. The van der Waals surface area contributed by atoms with Gasteiger partial charge in [-0.1, -0.05) is 18.2 Å². The monoisotopic (exact) mass is 372 g/mol. The molecule has 0 aromatic carbocycles. The number of carboxylic acids is 1. The molecular weight excluding hydrogens is 353 g/mol. The van der Waals surface area contributed by atoms with Crippen molar-refractivity contribution >= 4 is 29.5 Å². The Morgan fingerprint density at radius 3 is 2.76 bits per heavy atom. The zero-order chi connectivity index (χ0) is 17.4. The van der Waals surface area contributed by atoms with E-state index in [-0.39, 0.29) is 40.6 Å². The second-order valence-electron chi connectivity index (χ2n) is 6.00. The van der Waals surface area contributed by atoms with Crippen molar-refractivity contribution in [2.75, 3.05) is 5.75 Å². The predicted octanol–water partition coefficient (Wildman–Crippen LogP) is -2.65. The number of rotatable bonds is 4. The van der Waals surface area contributed by atoms with Crippen molar-refractivity contribution in [1.82, 2.24) is 10.2 Å². The van der Waals surface area contributed by atoms with Gasteiger partial charge in [0, 0.05) is 5.75 Å². The van der Waals surface area contributed by atoms with Gasteiger partial charge in [-0.05, 0) is 30.9 Å². The zero-order valence-electron chi connectivity index (χ0n) is 14.2. The van der Waals surface area contributed by atoms with Crippen LogP contribution in [0.2, 0.25) is 0 Å². The molecule has 1 aliphatic carbocycles. The molecule has 0 saturated carbocycles. The first-order chi connectivity index (χ1) is 11.4. The number of allylic oxidation sites excluding steroid dienone is 3. The van der Waals surface area contributed by atoms with Crippen molar-refractivity contribution in [3.8, 4) is 0 Å². The Labute approximate surface area is 172 Å². The number of β-lactam (4-membered cyclic amide) rings is 1. The number of amides is 2. The summed E-state index contributed by atoms with van der Waals surface area (Å²) in [5.74, 6) is -1.41. The Morgan fingerprint density at radius 1 is 1.44 bits per heavy atom. The molecule has 2 heterocycles. The van der Waals surface area contributed by atoms with E-state index < -0.39 is 29.9 Å². The van der Waals surface area contributed by atoms with E-state index in [1.807, 2.05) is 18.2 Å². The summed E-state index contributed by atoms with van der Waals surface area (Å²) in [6.45, 7) is 1.70. The largest absolute Gasteiger partial charge is 1.00 e. The Morgan fingerprint density at radius 2 is 2.16 bits per heavy atom. The average Bonchev–Trinajstić information content (AvgIpc) is 2.59. The van der Waals surface area contributed by atoms with Gasteiger partial charge in [-0.25, -0.2) is 4.79 Å². The number of aliphatic carboxylic acids is 1. The molecule has 0 aromatic heterocycles. The van der Waals surface area contributed by atoms with Crippen molar-refractivity contribution in [3.05, 3.63) is 35.1 Å². The van der Waals surface area contributed by atoms with Crippen LogP contribution in [0.4, 0.5) is 0 Å². The van der Waals surface area contributed by atoms with E-state index in [0.717, 1.165) is 12.0 Å². The van der Waals surface area contributed by atoms with Gasteiger partial charge in [0.1, 0.15) is 23.2 Å². The number of fused-ring (bicyclic) bond motifs is 1. The molecule has 128 valence electrons. The van der Waals surface area contributed by atoms with E-state index in [2.05, 4.69) is 5.32 Å². The first kappa shape index (κ1) is 20.3. The minimum atomic E-state index is -1.12. The number of nitrogens with two attached hydrogens (primary N) is 1. The number of hydrogen-bond donors (Lipinski definition) is 3. The number of carboxylic acid groups (broad SMARTS) is 1. The second-order valence-corrected chi connectivity index (χ2v) is 7.10. The fourth-order valence-corrected chi connectivity index (χ4v) is 4.35. The average molecular weight is 372 g/mol. The third-order valence-corrected chi connectivity index (χ3v) is 5.80. The molecule has 0 aromatic rings. The molecule has 2 amide bonds.